The number of aliphatic hydroxyl groups is 1. The summed E-state index contributed by atoms with van der Waals surface area (Å²) in [5.74, 6) is 1.44. The Morgan fingerprint density at radius 3 is 2.59 bits per heavy atom. The lowest BCUT2D eigenvalue weighted by Gasteiger charge is -2.22. The molecule has 1 heterocycles. The summed E-state index contributed by atoms with van der Waals surface area (Å²) in [4.78, 5) is 12.8. The summed E-state index contributed by atoms with van der Waals surface area (Å²) >= 11 is 0. The largest absolute Gasteiger partial charge is 0.491 e. The molecule has 0 radical (unpaired) electrons. The van der Waals surface area contributed by atoms with E-state index in [1.807, 2.05) is 31.2 Å². The van der Waals surface area contributed by atoms with Crippen molar-refractivity contribution in [2.75, 3.05) is 6.61 Å². The van der Waals surface area contributed by atoms with E-state index in [0.717, 1.165) is 48.1 Å². The van der Waals surface area contributed by atoms with E-state index in [1.54, 1.807) is 0 Å². The van der Waals surface area contributed by atoms with E-state index in [1.165, 1.54) is 37.7 Å². The Kier molecular flexibility index (Phi) is 7.51. The van der Waals surface area contributed by atoms with E-state index in [4.69, 9.17) is 9.47 Å². The van der Waals surface area contributed by atoms with Crippen LogP contribution in [0.5, 0.6) is 11.5 Å². The second-order valence-corrected chi connectivity index (χ2v) is 9.47. The third-order valence-corrected chi connectivity index (χ3v) is 6.97. The smallest absolute Gasteiger partial charge is 0.323 e. The van der Waals surface area contributed by atoms with E-state index < -0.39 is 6.10 Å². The molecule has 0 spiro atoms. The Morgan fingerprint density at radius 1 is 1.06 bits per heavy atom. The number of aryl methyl sites for hydroxylation is 1. The summed E-state index contributed by atoms with van der Waals surface area (Å²) in [6.45, 7) is 4.44. The van der Waals surface area contributed by atoms with Crippen molar-refractivity contribution >= 4 is 5.97 Å². The van der Waals surface area contributed by atoms with Crippen molar-refractivity contribution in [1.82, 2.24) is 0 Å². The molecule has 1 aliphatic carbocycles. The lowest BCUT2D eigenvalue weighted by atomic mass is 9.82. The van der Waals surface area contributed by atoms with Crippen molar-refractivity contribution in [3.05, 3.63) is 58.7 Å². The summed E-state index contributed by atoms with van der Waals surface area (Å²) in [5.41, 5.74) is 4.22. The summed E-state index contributed by atoms with van der Waals surface area (Å²) in [7, 11) is 0. The van der Waals surface area contributed by atoms with Gasteiger partial charge in [0.15, 0.2) is 0 Å². The first-order valence-electron chi connectivity index (χ1n) is 12.3. The molecule has 4 rings (SSSR count). The van der Waals surface area contributed by atoms with Crippen LogP contribution in [-0.4, -0.2) is 23.8 Å². The number of benzene rings is 2. The SMILES string of the molecule is CCCCCC(O)COc1ccc(C2C(=O)Oc3ccc(C4CCCCC4)cc32)cc1C. The summed E-state index contributed by atoms with van der Waals surface area (Å²) < 4.78 is 11.5. The van der Waals surface area contributed by atoms with Gasteiger partial charge in [0.1, 0.15) is 24.0 Å². The minimum absolute atomic E-state index is 0.208. The van der Waals surface area contributed by atoms with Gasteiger partial charge in [0.05, 0.1) is 6.10 Å². The van der Waals surface area contributed by atoms with Crippen LogP contribution < -0.4 is 9.47 Å². The highest BCUT2D eigenvalue weighted by Crippen LogP contribution is 2.43. The predicted molar refractivity (Wildman–Crippen MR) is 127 cm³/mol. The summed E-state index contributed by atoms with van der Waals surface area (Å²) in [5, 5.41) is 10.1. The Labute approximate surface area is 191 Å². The van der Waals surface area contributed by atoms with Gasteiger partial charge in [-0.3, -0.25) is 4.79 Å². The van der Waals surface area contributed by atoms with Crippen LogP contribution in [0.4, 0.5) is 0 Å². The topological polar surface area (TPSA) is 55.8 Å². The highest BCUT2D eigenvalue weighted by Gasteiger charge is 2.35. The first-order chi connectivity index (χ1) is 15.6. The molecule has 2 aliphatic rings. The van der Waals surface area contributed by atoms with Gasteiger partial charge in [-0.05, 0) is 60.9 Å². The molecule has 4 heteroatoms. The number of carbonyl (C=O) groups excluding carboxylic acids is 1. The van der Waals surface area contributed by atoms with Gasteiger partial charge in [-0.25, -0.2) is 0 Å². The molecule has 2 unspecified atom stereocenters. The number of esters is 1. The second kappa shape index (κ2) is 10.5. The molecule has 4 nitrogen and oxygen atoms in total. The summed E-state index contributed by atoms with van der Waals surface area (Å²) in [6, 6.07) is 12.2. The normalized spacial score (nSPS) is 19.5. The number of hydrogen-bond acceptors (Lipinski definition) is 4. The van der Waals surface area contributed by atoms with Crippen LogP contribution in [0.2, 0.25) is 0 Å². The van der Waals surface area contributed by atoms with Crippen molar-refractivity contribution in [3.8, 4) is 11.5 Å². The molecule has 2 atom stereocenters. The summed E-state index contributed by atoms with van der Waals surface area (Å²) in [6.07, 6.45) is 9.97. The van der Waals surface area contributed by atoms with Crippen LogP contribution in [0.15, 0.2) is 36.4 Å². The number of carbonyl (C=O) groups is 1. The number of aliphatic hydroxyl groups excluding tert-OH is 1. The Hall–Kier alpha value is -2.33. The Bertz CT molecular complexity index is 929. The van der Waals surface area contributed by atoms with Gasteiger partial charge in [-0.1, -0.05) is 69.7 Å². The van der Waals surface area contributed by atoms with Crippen LogP contribution in [0.25, 0.3) is 0 Å². The monoisotopic (exact) mass is 436 g/mol. The van der Waals surface area contributed by atoms with Crippen molar-refractivity contribution in [2.45, 2.75) is 89.6 Å². The van der Waals surface area contributed by atoms with E-state index in [0.29, 0.717) is 18.3 Å². The molecule has 0 aromatic heterocycles. The van der Waals surface area contributed by atoms with Gasteiger partial charge in [0.25, 0.3) is 0 Å². The molecule has 172 valence electrons. The van der Waals surface area contributed by atoms with Crippen LogP contribution >= 0.6 is 0 Å². The van der Waals surface area contributed by atoms with Gasteiger partial charge in [0.2, 0.25) is 0 Å². The maximum absolute atomic E-state index is 12.8. The minimum atomic E-state index is -0.449. The van der Waals surface area contributed by atoms with Crippen LogP contribution in [0.1, 0.15) is 98.8 Å². The van der Waals surface area contributed by atoms with Crippen molar-refractivity contribution in [3.63, 3.8) is 0 Å². The molecule has 1 aliphatic heterocycles. The van der Waals surface area contributed by atoms with Crippen LogP contribution in [0.3, 0.4) is 0 Å². The third kappa shape index (κ3) is 5.17. The van der Waals surface area contributed by atoms with Gasteiger partial charge in [0, 0.05) is 5.56 Å². The molecule has 2 aromatic rings. The maximum atomic E-state index is 12.8. The molecule has 0 saturated heterocycles. The zero-order valence-corrected chi connectivity index (χ0v) is 19.4. The van der Waals surface area contributed by atoms with Crippen LogP contribution in [-0.2, 0) is 4.79 Å². The molecular weight excluding hydrogens is 400 g/mol. The predicted octanol–water partition coefficient (Wildman–Crippen LogP) is 6.41. The molecular formula is C28H36O4. The molecule has 0 amide bonds. The average Bonchev–Trinajstić information content (AvgIpc) is 3.14. The van der Waals surface area contributed by atoms with E-state index in [-0.39, 0.29) is 11.9 Å². The molecule has 32 heavy (non-hydrogen) atoms. The highest BCUT2D eigenvalue weighted by molar-refractivity contribution is 5.89. The van der Waals surface area contributed by atoms with Gasteiger partial charge < -0.3 is 14.6 Å². The van der Waals surface area contributed by atoms with E-state index in [9.17, 15) is 9.90 Å². The fourth-order valence-electron chi connectivity index (χ4n) is 5.10. The molecule has 2 aromatic carbocycles. The Morgan fingerprint density at radius 2 is 1.84 bits per heavy atom. The van der Waals surface area contributed by atoms with E-state index in [2.05, 4.69) is 19.1 Å². The highest BCUT2D eigenvalue weighted by atomic mass is 16.5. The number of fused-ring (bicyclic) bond motifs is 1. The molecule has 0 bridgehead atoms. The number of unbranched alkanes of at least 4 members (excludes halogenated alkanes) is 2. The van der Waals surface area contributed by atoms with Gasteiger partial charge in [-0.15, -0.1) is 0 Å². The number of rotatable bonds is 9. The lowest BCUT2D eigenvalue weighted by molar-refractivity contribution is -0.133. The number of ether oxygens (including phenoxy) is 2. The average molecular weight is 437 g/mol. The first kappa shape index (κ1) is 22.8. The van der Waals surface area contributed by atoms with Crippen LogP contribution in [0, 0.1) is 6.92 Å². The van der Waals surface area contributed by atoms with Crippen molar-refractivity contribution in [1.29, 1.82) is 0 Å². The fourth-order valence-corrected chi connectivity index (χ4v) is 5.10. The zero-order valence-electron chi connectivity index (χ0n) is 19.4. The maximum Gasteiger partial charge on any atom is 0.323 e. The fraction of sp³-hybridized carbons (Fsp3) is 0.536. The third-order valence-electron chi connectivity index (χ3n) is 6.97. The van der Waals surface area contributed by atoms with Gasteiger partial charge >= 0.3 is 5.97 Å². The Balaban J connectivity index is 1.48. The van der Waals surface area contributed by atoms with Crippen molar-refractivity contribution < 1.29 is 19.4 Å². The second-order valence-electron chi connectivity index (χ2n) is 9.47. The quantitative estimate of drug-likeness (QED) is 0.280. The standard InChI is InChI=1S/C28H36O4/c1-3-4-6-11-23(29)18-31-25-14-13-22(16-19(25)2)27-24-17-21(20-9-7-5-8-10-20)12-15-26(24)32-28(27)30/h12-17,20,23,27,29H,3-11,18H2,1-2H3. The molecule has 1 fully saturated rings. The zero-order chi connectivity index (χ0) is 22.5. The molecule has 1 saturated carbocycles. The molecule has 1 N–H and O–H groups in total. The van der Waals surface area contributed by atoms with Crippen molar-refractivity contribution in [2.24, 2.45) is 0 Å². The number of hydrogen-bond donors (Lipinski definition) is 1. The minimum Gasteiger partial charge on any atom is -0.491 e. The lowest BCUT2D eigenvalue weighted by Crippen LogP contribution is -2.18. The first-order valence-corrected chi connectivity index (χ1v) is 12.3. The van der Waals surface area contributed by atoms with E-state index >= 15 is 0 Å². The van der Waals surface area contributed by atoms with Gasteiger partial charge in [-0.2, -0.15) is 0 Å².